The van der Waals surface area contributed by atoms with E-state index in [4.69, 9.17) is 14.5 Å². The number of fused-ring (bicyclic) bond motifs is 6. The summed E-state index contributed by atoms with van der Waals surface area (Å²) in [5, 5.41) is 0.616. The van der Waals surface area contributed by atoms with Crippen molar-refractivity contribution in [2.75, 3.05) is 18.6 Å². The van der Waals surface area contributed by atoms with Gasteiger partial charge in [0.1, 0.15) is 5.75 Å². The van der Waals surface area contributed by atoms with E-state index in [-0.39, 0.29) is 46.8 Å². The minimum Gasteiger partial charge on any atom is -0.497 e. The van der Waals surface area contributed by atoms with Crippen LogP contribution >= 0.6 is 0 Å². The number of hydrogen-bond donors (Lipinski definition) is 0. The van der Waals surface area contributed by atoms with Gasteiger partial charge in [0.25, 0.3) is 0 Å². The maximum absolute atomic E-state index is 13.4. The maximum Gasteiger partial charge on any atom is 0.339 e. The molecule has 3 aromatic carbocycles. The van der Waals surface area contributed by atoms with Gasteiger partial charge >= 0.3 is 5.97 Å². The lowest BCUT2D eigenvalue weighted by Crippen LogP contribution is -2.32. The SMILES string of the molecule is COc1ccc(C(=O)COC(=O)c2cc(-c3ccc(N4C(=O)C5C6C=C(C)C(C6)C5C4=O)cc3)nc3ccc(C)cc23)cc1. The van der Waals surface area contributed by atoms with Gasteiger partial charge in [-0.15, -0.1) is 0 Å². The number of carbonyl (C=O) groups excluding carboxylic acids is 4. The summed E-state index contributed by atoms with van der Waals surface area (Å²) < 4.78 is 10.6. The van der Waals surface area contributed by atoms with Crippen LogP contribution < -0.4 is 9.64 Å². The lowest BCUT2D eigenvalue weighted by molar-refractivity contribution is -0.123. The molecule has 0 spiro atoms. The highest BCUT2D eigenvalue weighted by molar-refractivity contribution is 6.23. The second-order valence-electron chi connectivity index (χ2n) is 11.8. The monoisotopic (exact) mass is 586 g/mol. The molecule has 2 amide bonds. The minimum atomic E-state index is -0.638. The van der Waals surface area contributed by atoms with Crippen LogP contribution in [0.25, 0.3) is 22.2 Å². The molecule has 8 heteroatoms. The van der Waals surface area contributed by atoms with Gasteiger partial charge in [-0.25, -0.2) is 9.78 Å². The van der Waals surface area contributed by atoms with E-state index in [2.05, 4.69) is 13.0 Å². The Morgan fingerprint density at radius 2 is 1.64 bits per heavy atom. The van der Waals surface area contributed by atoms with Crippen LogP contribution in [0.2, 0.25) is 0 Å². The van der Waals surface area contributed by atoms with E-state index in [1.807, 2.05) is 25.1 Å². The lowest BCUT2D eigenvalue weighted by atomic mass is 9.82. The summed E-state index contributed by atoms with van der Waals surface area (Å²) in [7, 11) is 1.54. The molecule has 1 saturated carbocycles. The zero-order valence-corrected chi connectivity index (χ0v) is 24.6. The first-order chi connectivity index (χ1) is 21.2. The van der Waals surface area contributed by atoms with Crippen molar-refractivity contribution in [2.24, 2.45) is 23.7 Å². The zero-order chi connectivity index (χ0) is 30.7. The second-order valence-corrected chi connectivity index (χ2v) is 11.8. The number of Topliss-reactive ketones (excluding diaryl/α,β-unsaturated/α-hetero) is 1. The summed E-state index contributed by atoms with van der Waals surface area (Å²) in [4.78, 5) is 58.9. The molecule has 220 valence electrons. The van der Waals surface area contributed by atoms with Gasteiger partial charge in [-0.05, 0) is 86.7 Å². The van der Waals surface area contributed by atoms with Crippen molar-refractivity contribution < 1.29 is 28.7 Å². The first kappa shape index (κ1) is 27.7. The number of nitrogens with zero attached hydrogens (tertiary/aromatic N) is 2. The van der Waals surface area contributed by atoms with Gasteiger partial charge in [0.05, 0.1) is 41.4 Å². The van der Waals surface area contributed by atoms with Crippen molar-refractivity contribution in [1.29, 1.82) is 0 Å². The Labute approximate surface area is 254 Å². The van der Waals surface area contributed by atoms with E-state index < -0.39 is 12.6 Å². The van der Waals surface area contributed by atoms with Gasteiger partial charge in [-0.2, -0.15) is 0 Å². The van der Waals surface area contributed by atoms with Gasteiger partial charge < -0.3 is 9.47 Å². The number of aryl methyl sites for hydroxylation is 1. The first-order valence-electron chi connectivity index (χ1n) is 14.7. The van der Waals surface area contributed by atoms with Crippen LogP contribution in [0.3, 0.4) is 0 Å². The molecule has 1 aromatic heterocycles. The number of amides is 2. The number of imide groups is 1. The zero-order valence-electron chi connectivity index (χ0n) is 24.6. The van der Waals surface area contributed by atoms with Crippen LogP contribution in [0.15, 0.2) is 84.4 Å². The molecule has 7 rings (SSSR count). The van der Waals surface area contributed by atoms with Crippen LogP contribution in [-0.4, -0.2) is 42.3 Å². The molecule has 2 heterocycles. The van der Waals surface area contributed by atoms with Crippen molar-refractivity contribution >= 4 is 40.2 Å². The Balaban J connectivity index is 1.15. The molecule has 44 heavy (non-hydrogen) atoms. The van der Waals surface area contributed by atoms with E-state index in [1.165, 1.54) is 10.5 Å². The van der Waals surface area contributed by atoms with Gasteiger partial charge in [0.15, 0.2) is 12.4 Å². The number of benzene rings is 3. The highest BCUT2D eigenvalue weighted by atomic mass is 16.5. The summed E-state index contributed by atoms with van der Waals surface area (Å²) >= 11 is 0. The molecular formula is C36H30N2O6. The average Bonchev–Trinajstić information content (AvgIpc) is 3.68. The minimum absolute atomic E-state index is 0.124. The van der Waals surface area contributed by atoms with Crippen molar-refractivity contribution in [3.8, 4) is 17.0 Å². The number of pyridine rings is 1. The third kappa shape index (κ3) is 4.49. The Morgan fingerprint density at radius 1 is 0.909 bits per heavy atom. The molecule has 3 aliphatic rings. The van der Waals surface area contributed by atoms with Gasteiger partial charge in [0, 0.05) is 16.5 Å². The van der Waals surface area contributed by atoms with Crippen molar-refractivity contribution in [3.63, 3.8) is 0 Å². The fraction of sp³-hybridized carbons (Fsp3) is 0.250. The predicted molar refractivity (Wildman–Crippen MR) is 164 cm³/mol. The van der Waals surface area contributed by atoms with Gasteiger partial charge in [-0.3, -0.25) is 19.3 Å². The molecule has 0 radical (unpaired) electrons. The highest BCUT2D eigenvalue weighted by Crippen LogP contribution is 2.56. The summed E-state index contributed by atoms with van der Waals surface area (Å²) in [6.45, 7) is 3.56. The Hall–Kier alpha value is -5.11. The van der Waals surface area contributed by atoms with E-state index >= 15 is 0 Å². The number of aromatic nitrogens is 1. The van der Waals surface area contributed by atoms with Crippen LogP contribution in [-0.2, 0) is 14.3 Å². The van der Waals surface area contributed by atoms with Gasteiger partial charge in [0.2, 0.25) is 11.8 Å². The quantitative estimate of drug-likeness (QED) is 0.114. The Bertz CT molecular complexity index is 1890. The molecule has 2 aliphatic carbocycles. The predicted octanol–water partition coefficient (Wildman–Crippen LogP) is 5.96. The molecular weight excluding hydrogens is 556 g/mol. The Kier molecular flexibility index (Phi) is 6.65. The molecule has 2 fully saturated rings. The second kappa shape index (κ2) is 10.6. The van der Waals surface area contributed by atoms with E-state index in [1.54, 1.807) is 61.7 Å². The number of esters is 1. The number of hydrogen-bond acceptors (Lipinski definition) is 7. The van der Waals surface area contributed by atoms with Crippen LogP contribution in [0, 0.1) is 30.6 Å². The molecule has 0 N–H and O–H groups in total. The van der Waals surface area contributed by atoms with E-state index in [0.29, 0.717) is 39.2 Å². The normalized spacial score (nSPS) is 21.9. The first-order valence-corrected chi connectivity index (χ1v) is 14.7. The highest BCUT2D eigenvalue weighted by Gasteiger charge is 2.60. The number of ketones is 1. The molecule has 1 aliphatic heterocycles. The van der Waals surface area contributed by atoms with Crippen molar-refractivity contribution in [1.82, 2.24) is 4.98 Å². The molecule has 4 aromatic rings. The topological polar surface area (TPSA) is 103 Å². The molecule has 1 saturated heterocycles. The van der Waals surface area contributed by atoms with Crippen LogP contribution in [0.1, 0.15) is 39.6 Å². The number of rotatable bonds is 7. The maximum atomic E-state index is 13.4. The van der Waals surface area contributed by atoms with Crippen molar-refractivity contribution in [3.05, 3.63) is 101 Å². The standard InChI is InChI=1S/C36H30N2O6/c1-19-4-13-29-27(14-19)28(36(42)44-18-31(39)22-7-11-25(43-3)12-8-22)17-30(37-29)21-5-9-24(10-6-21)38-34(40)32-23-15-20(2)26(16-23)33(32)35(38)41/h4-15,17,23,26,32-33H,16,18H2,1-3H3. The smallest absolute Gasteiger partial charge is 0.339 e. The number of ether oxygens (including phenoxy) is 2. The number of anilines is 1. The summed E-state index contributed by atoms with van der Waals surface area (Å²) in [6.07, 6.45) is 3.05. The van der Waals surface area contributed by atoms with E-state index in [9.17, 15) is 19.2 Å². The number of methoxy groups -OCH3 is 1. The molecule has 8 nitrogen and oxygen atoms in total. The molecule has 4 atom stereocenters. The third-order valence-corrected chi connectivity index (χ3v) is 9.23. The van der Waals surface area contributed by atoms with Crippen LogP contribution in [0.4, 0.5) is 5.69 Å². The van der Waals surface area contributed by atoms with Crippen LogP contribution in [0.5, 0.6) is 5.75 Å². The van der Waals surface area contributed by atoms with Crippen molar-refractivity contribution in [2.45, 2.75) is 20.3 Å². The number of carbonyl (C=O) groups is 4. The summed E-state index contributed by atoms with van der Waals surface area (Å²) in [5.74, 6) is -0.848. The summed E-state index contributed by atoms with van der Waals surface area (Å²) in [5.41, 5.74) is 5.22. The largest absolute Gasteiger partial charge is 0.497 e. The van der Waals surface area contributed by atoms with E-state index in [0.717, 1.165) is 12.0 Å². The lowest BCUT2D eigenvalue weighted by Gasteiger charge is -2.19. The number of allylic oxidation sites excluding steroid dienone is 2. The third-order valence-electron chi connectivity index (χ3n) is 9.23. The fourth-order valence-electron chi connectivity index (χ4n) is 7.04. The van der Waals surface area contributed by atoms with Gasteiger partial charge in [-0.1, -0.05) is 35.4 Å². The molecule has 2 bridgehead atoms. The molecule has 4 unspecified atom stereocenters. The average molecular weight is 587 g/mol. The Morgan fingerprint density at radius 3 is 2.36 bits per heavy atom. The fourth-order valence-corrected chi connectivity index (χ4v) is 7.04. The summed E-state index contributed by atoms with van der Waals surface area (Å²) in [6, 6.07) is 21.0.